The number of hydrogen-bond donors (Lipinski definition) is 2. The minimum absolute atomic E-state index is 0.432. The summed E-state index contributed by atoms with van der Waals surface area (Å²) in [5.41, 5.74) is 1.09. The summed E-state index contributed by atoms with van der Waals surface area (Å²) < 4.78 is 0. The molecule has 1 fully saturated rings. The third-order valence-electron chi connectivity index (χ3n) is 3.88. The second kappa shape index (κ2) is 4.99. The molecule has 2 N–H and O–H groups in total. The molecule has 2 nitrogen and oxygen atoms in total. The zero-order chi connectivity index (χ0) is 12.4. The maximum absolute atomic E-state index is 10.1. The highest BCUT2D eigenvalue weighted by Gasteiger charge is 2.16. The van der Waals surface area contributed by atoms with Gasteiger partial charge in [0.1, 0.15) is 5.75 Å². The van der Waals surface area contributed by atoms with E-state index in [9.17, 15) is 5.11 Å². The highest BCUT2D eigenvalue weighted by Crippen LogP contribution is 2.29. The summed E-state index contributed by atoms with van der Waals surface area (Å²) in [6.07, 6.45) is 4.71. The van der Waals surface area contributed by atoms with Crippen LogP contribution in [0.2, 0.25) is 0 Å². The van der Waals surface area contributed by atoms with Crippen molar-refractivity contribution in [3.05, 3.63) is 42.0 Å². The molecule has 1 saturated heterocycles. The van der Waals surface area contributed by atoms with Crippen LogP contribution in [0.25, 0.3) is 10.8 Å². The number of rotatable bonds is 2. The quantitative estimate of drug-likeness (QED) is 0.846. The minimum atomic E-state index is 0.432. The van der Waals surface area contributed by atoms with Crippen LogP contribution in [0.1, 0.15) is 24.8 Å². The van der Waals surface area contributed by atoms with Crippen LogP contribution in [-0.2, 0) is 6.42 Å². The Labute approximate surface area is 108 Å². The van der Waals surface area contributed by atoms with Crippen molar-refractivity contribution in [1.82, 2.24) is 5.32 Å². The second-order valence-electron chi connectivity index (χ2n) is 5.14. The fourth-order valence-corrected chi connectivity index (χ4v) is 2.88. The monoisotopic (exact) mass is 241 g/mol. The smallest absolute Gasteiger partial charge is 0.119 e. The molecule has 0 spiro atoms. The SMILES string of the molecule is Oc1ccc2ccccc2c1CC1CCCCN1. The van der Waals surface area contributed by atoms with Gasteiger partial charge in [0.05, 0.1) is 0 Å². The summed E-state index contributed by atoms with van der Waals surface area (Å²) in [5, 5.41) is 16.1. The van der Waals surface area contributed by atoms with Crippen LogP contribution >= 0.6 is 0 Å². The van der Waals surface area contributed by atoms with E-state index >= 15 is 0 Å². The van der Waals surface area contributed by atoms with Gasteiger partial charge in [0.15, 0.2) is 0 Å². The van der Waals surface area contributed by atoms with Gasteiger partial charge in [-0.15, -0.1) is 0 Å². The van der Waals surface area contributed by atoms with Crippen molar-refractivity contribution in [1.29, 1.82) is 0 Å². The molecule has 1 heterocycles. The Balaban J connectivity index is 1.96. The van der Waals surface area contributed by atoms with Crippen LogP contribution in [0.4, 0.5) is 0 Å². The van der Waals surface area contributed by atoms with E-state index in [2.05, 4.69) is 17.4 Å². The molecule has 0 bridgehead atoms. The summed E-state index contributed by atoms with van der Waals surface area (Å²) in [7, 11) is 0. The Hall–Kier alpha value is -1.54. The predicted octanol–water partition coefficient (Wildman–Crippen LogP) is 3.23. The van der Waals surface area contributed by atoms with Gasteiger partial charge in [-0.2, -0.15) is 0 Å². The second-order valence-corrected chi connectivity index (χ2v) is 5.14. The molecular weight excluding hydrogens is 222 g/mol. The standard InChI is InChI=1S/C16H19NO/c18-16-9-8-12-5-1-2-7-14(12)15(16)11-13-6-3-4-10-17-13/h1-2,5,7-9,13,17-18H,3-4,6,10-11H2. The van der Waals surface area contributed by atoms with E-state index in [0.717, 1.165) is 18.5 Å². The average molecular weight is 241 g/mol. The number of phenols is 1. The Morgan fingerprint density at radius 2 is 2.00 bits per heavy atom. The van der Waals surface area contributed by atoms with Crippen molar-refractivity contribution >= 4 is 10.8 Å². The van der Waals surface area contributed by atoms with Crippen molar-refractivity contribution in [3.63, 3.8) is 0 Å². The molecule has 3 rings (SSSR count). The molecule has 2 heteroatoms. The predicted molar refractivity (Wildman–Crippen MR) is 75.0 cm³/mol. The van der Waals surface area contributed by atoms with E-state index in [4.69, 9.17) is 0 Å². The fourth-order valence-electron chi connectivity index (χ4n) is 2.88. The number of piperidine rings is 1. The largest absolute Gasteiger partial charge is 0.508 e. The molecule has 18 heavy (non-hydrogen) atoms. The van der Waals surface area contributed by atoms with E-state index in [1.807, 2.05) is 24.3 Å². The molecule has 0 aliphatic carbocycles. The van der Waals surface area contributed by atoms with Gasteiger partial charge in [-0.25, -0.2) is 0 Å². The van der Waals surface area contributed by atoms with Gasteiger partial charge in [-0.3, -0.25) is 0 Å². The van der Waals surface area contributed by atoms with Crippen molar-refractivity contribution in [2.24, 2.45) is 0 Å². The summed E-state index contributed by atoms with van der Waals surface area (Å²) in [6.45, 7) is 1.11. The van der Waals surface area contributed by atoms with Gasteiger partial charge in [0.25, 0.3) is 0 Å². The van der Waals surface area contributed by atoms with Gasteiger partial charge in [-0.05, 0) is 42.6 Å². The number of benzene rings is 2. The summed E-state index contributed by atoms with van der Waals surface area (Å²) in [5.74, 6) is 0.432. The van der Waals surface area contributed by atoms with E-state index in [0.29, 0.717) is 11.8 Å². The van der Waals surface area contributed by atoms with Crippen molar-refractivity contribution < 1.29 is 5.11 Å². The van der Waals surface area contributed by atoms with Crippen molar-refractivity contribution in [3.8, 4) is 5.75 Å². The maximum atomic E-state index is 10.1. The Bertz CT molecular complexity index is 544. The number of aromatic hydroxyl groups is 1. The van der Waals surface area contributed by atoms with E-state index < -0.39 is 0 Å². The number of nitrogens with one attached hydrogen (secondary N) is 1. The first kappa shape index (κ1) is 11.5. The lowest BCUT2D eigenvalue weighted by molar-refractivity contribution is 0.393. The fraction of sp³-hybridized carbons (Fsp3) is 0.375. The Morgan fingerprint density at radius 1 is 1.11 bits per heavy atom. The highest BCUT2D eigenvalue weighted by molar-refractivity contribution is 5.87. The molecule has 0 aromatic heterocycles. The van der Waals surface area contributed by atoms with Crippen molar-refractivity contribution in [2.75, 3.05) is 6.54 Å². The third-order valence-corrected chi connectivity index (χ3v) is 3.88. The van der Waals surface area contributed by atoms with Crippen molar-refractivity contribution in [2.45, 2.75) is 31.7 Å². The van der Waals surface area contributed by atoms with E-state index in [1.165, 1.54) is 30.0 Å². The molecule has 2 aromatic rings. The first-order valence-electron chi connectivity index (χ1n) is 6.77. The lowest BCUT2D eigenvalue weighted by Crippen LogP contribution is -2.35. The molecule has 1 aliphatic rings. The van der Waals surface area contributed by atoms with Crippen LogP contribution in [-0.4, -0.2) is 17.7 Å². The van der Waals surface area contributed by atoms with Gasteiger partial charge >= 0.3 is 0 Å². The van der Waals surface area contributed by atoms with Crippen LogP contribution in [0.5, 0.6) is 5.75 Å². The highest BCUT2D eigenvalue weighted by atomic mass is 16.3. The Morgan fingerprint density at radius 3 is 2.83 bits per heavy atom. The number of phenolic OH excluding ortho intramolecular Hbond substituents is 1. The lowest BCUT2D eigenvalue weighted by atomic mass is 9.93. The molecule has 1 aliphatic heterocycles. The van der Waals surface area contributed by atoms with E-state index in [-0.39, 0.29) is 0 Å². The molecule has 0 amide bonds. The van der Waals surface area contributed by atoms with E-state index in [1.54, 1.807) is 0 Å². The third kappa shape index (κ3) is 2.21. The first-order valence-corrected chi connectivity index (χ1v) is 6.77. The first-order chi connectivity index (χ1) is 8.84. The normalized spacial score (nSPS) is 20.1. The minimum Gasteiger partial charge on any atom is -0.508 e. The summed E-state index contributed by atoms with van der Waals surface area (Å²) in [4.78, 5) is 0. The molecular formula is C16H19NO. The van der Waals surface area contributed by atoms with Crippen LogP contribution in [0, 0.1) is 0 Å². The lowest BCUT2D eigenvalue weighted by Gasteiger charge is -2.24. The van der Waals surface area contributed by atoms with Gasteiger partial charge < -0.3 is 10.4 Å². The van der Waals surface area contributed by atoms with Crippen LogP contribution in [0.15, 0.2) is 36.4 Å². The zero-order valence-corrected chi connectivity index (χ0v) is 10.5. The van der Waals surface area contributed by atoms with Gasteiger partial charge in [-0.1, -0.05) is 36.8 Å². The topological polar surface area (TPSA) is 32.3 Å². The molecule has 1 atom stereocenters. The molecule has 2 aromatic carbocycles. The zero-order valence-electron chi connectivity index (χ0n) is 10.5. The van der Waals surface area contributed by atoms with Gasteiger partial charge in [0.2, 0.25) is 0 Å². The van der Waals surface area contributed by atoms with Crippen LogP contribution in [0.3, 0.4) is 0 Å². The molecule has 94 valence electrons. The van der Waals surface area contributed by atoms with Crippen LogP contribution < -0.4 is 5.32 Å². The maximum Gasteiger partial charge on any atom is 0.119 e. The summed E-state index contributed by atoms with van der Waals surface area (Å²) in [6, 6.07) is 12.6. The Kier molecular flexibility index (Phi) is 3.20. The molecule has 0 saturated carbocycles. The molecule has 0 radical (unpaired) electrons. The average Bonchev–Trinajstić information content (AvgIpc) is 2.43. The van der Waals surface area contributed by atoms with Gasteiger partial charge in [0, 0.05) is 11.6 Å². The summed E-state index contributed by atoms with van der Waals surface area (Å²) >= 11 is 0. The number of fused-ring (bicyclic) bond motifs is 1. The number of hydrogen-bond acceptors (Lipinski definition) is 2. The molecule has 1 unspecified atom stereocenters.